The van der Waals surface area contributed by atoms with Gasteiger partial charge in [0.25, 0.3) is 0 Å². The molecule has 0 saturated heterocycles. The Morgan fingerprint density at radius 3 is 1.92 bits per heavy atom. The van der Waals surface area contributed by atoms with Gasteiger partial charge in [0.05, 0.1) is 0 Å². The van der Waals surface area contributed by atoms with Crippen LogP contribution in [0.5, 0.6) is 0 Å². The molecule has 0 saturated carbocycles. The quantitative estimate of drug-likeness (QED) is 0.169. The average molecular weight is 645 g/mol. The summed E-state index contributed by atoms with van der Waals surface area (Å²) in [7, 11) is 0. The molecular weight excluding hydrogens is 617 g/mol. The predicted molar refractivity (Wildman–Crippen MR) is 211 cm³/mol. The lowest BCUT2D eigenvalue weighted by Crippen LogP contribution is -2.03. The molecule has 1 unspecified atom stereocenters. The molecule has 9 aromatic rings. The van der Waals surface area contributed by atoms with Gasteiger partial charge in [-0.3, -0.25) is 0 Å². The number of benzene rings is 8. The van der Waals surface area contributed by atoms with Gasteiger partial charge in [-0.1, -0.05) is 145 Å². The van der Waals surface area contributed by atoms with E-state index in [1.54, 1.807) is 0 Å². The van der Waals surface area contributed by atoms with E-state index in [2.05, 4.69) is 152 Å². The molecule has 1 aliphatic carbocycles. The largest absolute Gasteiger partial charge is 0.135 e. The van der Waals surface area contributed by atoms with E-state index in [4.69, 9.17) is 0 Å². The Kier molecular flexibility index (Phi) is 5.70. The summed E-state index contributed by atoms with van der Waals surface area (Å²) in [6.07, 6.45) is 5.84. The molecule has 0 nitrogen and oxygen atoms in total. The van der Waals surface area contributed by atoms with Crippen LogP contribution in [0.15, 0.2) is 161 Å². The third kappa shape index (κ3) is 3.79. The maximum atomic E-state index is 2.47. The summed E-state index contributed by atoms with van der Waals surface area (Å²) in [5.41, 5.74) is 6.91. The molecule has 8 aromatic carbocycles. The minimum atomic E-state index is 0.375. The summed E-state index contributed by atoms with van der Waals surface area (Å²) in [5.74, 6) is 0.375. The molecule has 0 bridgehead atoms. The van der Waals surface area contributed by atoms with Crippen molar-refractivity contribution in [2.24, 2.45) is 0 Å². The normalized spacial score (nSPS) is 15.8. The zero-order valence-corrected chi connectivity index (χ0v) is 27.7. The molecule has 1 aliphatic heterocycles. The predicted octanol–water partition coefficient (Wildman–Crippen LogP) is 13.9. The van der Waals surface area contributed by atoms with Crippen molar-refractivity contribution in [2.75, 3.05) is 0 Å². The monoisotopic (exact) mass is 644 g/mol. The van der Waals surface area contributed by atoms with E-state index in [0.717, 1.165) is 6.42 Å². The lowest BCUT2D eigenvalue weighted by molar-refractivity contribution is 0.855. The first kappa shape index (κ1) is 26.9. The number of hydrogen-bond donors (Lipinski definition) is 0. The second kappa shape index (κ2) is 10.2. The first-order valence-corrected chi connectivity index (χ1v) is 18.3. The molecule has 0 amide bonds. The molecule has 1 atom stereocenters. The Hall–Kier alpha value is -5.15. The lowest BCUT2D eigenvalue weighted by atomic mass is 9.80. The van der Waals surface area contributed by atoms with Crippen LogP contribution in [0.2, 0.25) is 0 Å². The van der Waals surface area contributed by atoms with Gasteiger partial charge in [-0.2, -0.15) is 0 Å². The highest BCUT2D eigenvalue weighted by atomic mass is 32.2. The summed E-state index contributed by atoms with van der Waals surface area (Å²) in [6, 6.07) is 52.2. The first-order chi connectivity index (χ1) is 23.8. The molecule has 0 fully saturated rings. The van der Waals surface area contributed by atoms with Crippen molar-refractivity contribution in [3.63, 3.8) is 0 Å². The Labute approximate surface area is 286 Å². The van der Waals surface area contributed by atoms with Gasteiger partial charge in [0.1, 0.15) is 0 Å². The summed E-state index contributed by atoms with van der Waals surface area (Å²) in [5, 5.41) is 13.3. The molecule has 0 radical (unpaired) electrons. The van der Waals surface area contributed by atoms with Crippen LogP contribution < -0.4 is 0 Å². The lowest BCUT2D eigenvalue weighted by Gasteiger charge is -2.24. The highest BCUT2D eigenvalue weighted by Crippen LogP contribution is 2.57. The van der Waals surface area contributed by atoms with E-state index in [0.29, 0.717) is 5.92 Å². The van der Waals surface area contributed by atoms with Crippen LogP contribution in [0.4, 0.5) is 0 Å². The van der Waals surface area contributed by atoms with E-state index in [1.807, 2.05) is 23.1 Å². The number of thiophene rings is 1. The summed E-state index contributed by atoms with van der Waals surface area (Å²) >= 11 is 3.89. The van der Waals surface area contributed by atoms with Gasteiger partial charge in [-0.15, -0.1) is 11.3 Å². The second-order valence-corrected chi connectivity index (χ2v) is 15.3. The molecule has 2 heteroatoms. The average Bonchev–Trinajstić information content (AvgIpc) is 3.70. The van der Waals surface area contributed by atoms with Crippen molar-refractivity contribution in [1.82, 2.24) is 0 Å². The molecule has 2 heterocycles. The number of allylic oxidation sites excluding steroid dienone is 4. The molecule has 48 heavy (non-hydrogen) atoms. The number of fused-ring (bicyclic) bond motifs is 11. The summed E-state index contributed by atoms with van der Waals surface area (Å²) in [4.78, 5) is 2.91. The number of rotatable bonds is 2. The van der Waals surface area contributed by atoms with E-state index in [9.17, 15) is 0 Å². The fourth-order valence-corrected chi connectivity index (χ4v) is 11.0. The maximum Gasteiger partial charge on any atom is 0.0361 e. The van der Waals surface area contributed by atoms with Gasteiger partial charge in [-0.05, 0) is 100 Å². The Morgan fingerprint density at radius 1 is 0.458 bits per heavy atom. The third-order valence-electron chi connectivity index (χ3n) is 10.6. The van der Waals surface area contributed by atoms with Gasteiger partial charge in [0.2, 0.25) is 0 Å². The van der Waals surface area contributed by atoms with Crippen molar-refractivity contribution in [2.45, 2.75) is 17.2 Å². The molecular formula is C46H28S2. The van der Waals surface area contributed by atoms with E-state index >= 15 is 0 Å². The number of thioether (sulfide) groups is 1. The smallest absolute Gasteiger partial charge is 0.0361 e. The highest BCUT2D eigenvalue weighted by molar-refractivity contribution is 8.03. The standard InChI is InChI=1S/C46H28S2/c1-2-12-30-27(10-1)11-9-18-32(30)45-35-16-5-3-14-33(35)44(34-15-4-6-17-36(34)45)29-21-23-42-39(24-29)37-22-20-28-25-43-40(26-38(28)46(37)48-42)31-13-7-8-19-41(31)47-43/h1-23,25-26,39H,24H2. The first-order valence-electron chi connectivity index (χ1n) is 16.7. The molecule has 1 aromatic heterocycles. The van der Waals surface area contributed by atoms with E-state index in [1.165, 1.54) is 101 Å². The molecule has 0 N–H and O–H groups in total. The van der Waals surface area contributed by atoms with Crippen LogP contribution in [0.3, 0.4) is 0 Å². The maximum absolute atomic E-state index is 2.47. The topological polar surface area (TPSA) is 0 Å². The minimum Gasteiger partial charge on any atom is -0.135 e. The zero-order valence-electron chi connectivity index (χ0n) is 26.0. The van der Waals surface area contributed by atoms with Crippen LogP contribution in [-0.4, -0.2) is 0 Å². The fourth-order valence-electron chi connectivity index (χ4n) is 8.49. The zero-order chi connectivity index (χ0) is 31.3. The van der Waals surface area contributed by atoms with E-state index < -0.39 is 0 Å². The van der Waals surface area contributed by atoms with Crippen molar-refractivity contribution >= 4 is 91.9 Å². The van der Waals surface area contributed by atoms with Crippen molar-refractivity contribution < 1.29 is 0 Å². The second-order valence-electron chi connectivity index (χ2n) is 13.1. The van der Waals surface area contributed by atoms with Crippen LogP contribution in [0.1, 0.15) is 23.5 Å². The van der Waals surface area contributed by atoms with Crippen LogP contribution >= 0.6 is 23.1 Å². The van der Waals surface area contributed by atoms with Gasteiger partial charge >= 0.3 is 0 Å². The molecule has 11 rings (SSSR count). The van der Waals surface area contributed by atoms with Gasteiger partial charge in [0.15, 0.2) is 0 Å². The van der Waals surface area contributed by atoms with Crippen LogP contribution in [-0.2, 0) is 0 Å². The van der Waals surface area contributed by atoms with E-state index in [-0.39, 0.29) is 0 Å². The number of hydrogen-bond acceptors (Lipinski definition) is 2. The van der Waals surface area contributed by atoms with Gasteiger partial charge < -0.3 is 0 Å². The fraction of sp³-hybridized carbons (Fsp3) is 0.0435. The van der Waals surface area contributed by atoms with Crippen LogP contribution in [0.25, 0.3) is 80.0 Å². The van der Waals surface area contributed by atoms with Gasteiger partial charge in [-0.25, -0.2) is 0 Å². The van der Waals surface area contributed by atoms with Crippen molar-refractivity contribution in [3.05, 3.63) is 168 Å². The molecule has 0 spiro atoms. The summed E-state index contributed by atoms with van der Waals surface area (Å²) in [6.45, 7) is 0. The van der Waals surface area contributed by atoms with Crippen molar-refractivity contribution in [1.29, 1.82) is 0 Å². The van der Waals surface area contributed by atoms with Gasteiger partial charge in [0, 0.05) is 31.0 Å². The Bertz CT molecular complexity index is 2840. The highest BCUT2D eigenvalue weighted by Gasteiger charge is 2.33. The molecule has 2 aliphatic rings. The molecule has 224 valence electrons. The minimum absolute atomic E-state index is 0.375. The Morgan fingerprint density at radius 2 is 1.12 bits per heavy atom. The third-order valence-corrected chi connectivity index (χ3v) is 13.1. The Balaban J connectivity index is 1.09. The van der Waals surface area contributed by atoms with Crippen molar-refractivity contribution in [3.8, 4) is 11.1 Å². The van der Waals surface area contributed by atoms with Crippen LogP contribution in [0, 0.1) is 0 Å². The summed E-state index contributed by atoms with van der Waals surface area (Å²) < 4.78 is 2.74. The SMILES string of the molecule is C1=C(c2c3ccccc3c(-c3cccc4ccccc34)c3ccccc23)CC2C(=C1)Sc1c2ccc2cc3sc4ccccc4c3cc12.